The lowest BCUT2D eigenvalue weighted by Gasteiger charge is -2.47. The van der Waals surface area contributed by atoms with E-state index in [4.69, 9.17) is 0 Å². The number of carbonyl (C=O) groups is 1. The van der Waals surface area contributed by atoms with Gasteiger partial charge in [0, 0.05) is 30.6 Å². The first-order valence-electron chi connectivity index (χ1n) is 8.58. The van der Waals surface area contributed by atoms with Gasteiger partial charge in [0.1, 0.15) is 0 Å². The Labute approximate surface area is 148 Å². The quantitative estimate of drug-likeness (QED) is 0.783. The average molecular weight is 348 g/mol. The van der Waals surface area contributed by atoms with Crippen LogP contribution in [0.15, 0.2) is 24.3 Å². The normalized spacial score (nSPS) is 26.8. The highest BCUT2D eigenvalue weighted by molar-refractivity contribution is 6.04. The molecule has 1 aromatic heterocycles. The molecule has 1 amide bonds. The summed E-state index contributed by atoms with van der Waals surface area (Å²) in [5.41, 5.74) is 1.55. The molecule has 2 bridgehead atoms. The van der Waals surface area contributed by atoms with E-state index >= 15 is 0 Å². The van der Waals surface area contributed by atoms with Crippen LogP contribution in [0.2, 0.25) is 0 Å². The van der Waals surface area contributed by atoms with Gasteiger partial charge in [-0.05, 0) is 38.8 Å². The average Bonchev–Trinajstić information content (AvgIpc) is 2.86. The highest BCUT2D eigenvalue weighted by Gasteiger charge is 2.36. The molecule has 0 spiro atoms. The van der Waals surface area contributed by atoms with Crippen LogP contribution in [0.5, 0.6) is 0 Å². The summed E-state index contributed by atoms with van der Waals surface area (Å²) in [7, 11) is 4.12. The topological polar surface area (TPSA) is 50.2 Å². The lowest BCUT2D eigenvalue weighted by atomic mass is 9.82. The van der Waals surface area contributed by atoms with Gasteiger partial charge in [-0.15, -0.1) is 0 Å². The minimum absolute atomic E-state index is 0. The van der Waals surface area contributed by atoms with Gasteiger partial charge in [-0.2, -0.15) is 5.10 Å². The fraction of sp³-hybridized carbons (Fsp3) is 0.556. The van der Waals surface area contributed by atoms with Crippen LogP contribution in [-0.4, -0.2) is 45.8 Å². The van der Waals surface area contributed by atoms with Gasteiger partial charge in [-0.3, -0.25) is 9.48 Å². The van der Waals surface area contributed by atoms with Crippen LogP contribution in [-0.2, 0) is 7.05 Å². The van der Waals surface area contributed by atoms with Gasteiger partial charge in [-0.25, -0.2) is 0 Å². The second-order valence-electron chi connectivity index (χ2n) is 7.04. The van der Waals surface area contributed by atoms with Gasteiger partial charge in [0.15, 0.2) is 5.69 Å². The molecule has 2 aliphatic rings. The predicted molar refractivity (Wildman–Crippen MR) is 90.4 cm³/mol. The largest absolute Gasteiger partial charge is 1.00 e. The lowest BCUT2D eigenvalue weighted by Crippen LogP contribution is -3.00. The van der Waals surface area contributed by atoms with Gasteiger partial charge in [-0.1, -0.05) is 24.6 Å². The van der Waals surface area contributed by atoms with Crippen molar-refractivity contribution in [1.82, 2.24) is 20.0 Å². The summed E-state index contributed by atoms with van der Waals surface area (Å²) in [5, 5.41) is 8.62. The van der Waals surface area contributed by atoms with Gasteiger partial charge in [0.25, 0.3) is 5.91 Å². The molecular weight excluding hydrogens is 324 g/mol. The SMILES string of the molecule is CN1C2CCCC1CC(NC(=O)c1nn(C)c3ccccc13)C2.[Cl-]. The minimum Gasteiger partial charge on any atom is -1.00 e. The van der Waals surface area contributed by atoms with Gasteiger partial charge < -0.3 is 22.6 Å². The maximum absolute atomic E-state index is 12.7. The van der Waals surface area contributed by atoms with Crippen LogP contribution in [0.4, 0.5) is 0 Å². The number of amides is 1. The standard InChI is InChI=1S/C18H24N4O.ClH/c1-21-13-6-5-7-14(21)11-12(10-13)19-18(23)17-15-8-3-4-9-16(15)22(2)20-17;/h3-4,8-9,12-14H,5-7,10-11H2,1-2H3,(H,19,23);1H/p-1. The Balaban J connectivity index is 0.00000169. The van der Waals surface area contributed by atoms with Crippen molar-refractivity contribution >= 4 is 16.8 Å². The van der Waals surface area contributed by atoms with Crippen LogP contribution in [0.25, 0.3) is 10.9 Å². The molecule has 2 aliphatic heterocycles. The molecule has 6 heteroatoms. The molecule has 2 unspecified atom stereocenters. The molecule has 0 aliphatic carbocycles. The molecule has 2 fully saturated rings. The Morgan fingerprint density at radius 1 is 1.17 bits per heavy atom. The summed E-state index contributed by atoms with van der Waals surface area (Å²) >= 11 is 0. The fourth-order valence-electron chi connectivity index (χ4n) is 4.37. The maximum Gasteiger partial charge on any atom is 0.272 e. The zero-order valence-corrected chi connectivity index (χ0v) is 15.0. The van der Waals surface area contributed by atoms with Crippen molar-refractivity contribution in [3.63, 3.8) is 0 Å². The van der Waals surface area contributed by atoms with E-state index in [1.807, 2.05) is 31.3 Å². The van der Waals surface area contributed by atoms with E-state index in [1.54, 1.807) is 4.68 Å². The zero-order chi connectivity index (χ0) is 16.0. The molecule has 4 rings (SSSR count). The summed E-state index contributed by atoms with van der Waals surface area (Å²) in [5.74, 6) is -0.0329. The van der Waals surface area contributed by atoms with Gasteiger partial charge in [0.05, 0.1) is 5.52 Å². The Kier molecular flexibility index (Phi) is 4.83. The molecule has 130 valence electrons. The second-order valence-corrected chi connectivity index (χ2v) is 7.04. The van der Waals surface area contributed by atoms with Crippen LogP contribution >= 0.6 is 0 Å². The molecule has 5 nitrogen and oxygen atoms in total. The highest BCUT2D eigenvalue weighted by Crippen LogP contribution is 2.32. The van der Waals surface area contributed by atoms with E-state index in [2.05, 4.69) is 22.4 Å². The fourth-order valence-corrected chi connectivity index (χ4v) is 4.37. The minimum atomic E-state index is -0.0329. The predicted octanol–water partition coefficient (Wildman–Crippen LogP) is -0.678. The van der Waals surface area contributed by atoms with E-state index < -0.39 is 0 Å². The Bertz CT molecular complexity index is 730. The van der Waals surface area contributed by atoms with Crippen LogP contribution in [0.1, 0.15) is 42.6 Å². The number of piperidine rings is 2. The Morgan fingerprint density at radius 3 is 2.54 bits per heavy atom. The van der Waals surface area contributed by atoms with Crippen molar-refractivity contribution in [1.29, 1.82) is 0 Å². The number of aryl methyl sites for hydroxylation is 1. The van der Waals surface area contributed by atoms with E-state index in [0.717, 1.165) is 23.7 Å². The Morgan fingerprint density at radius 2 is 1.83 bits per heavy atom. The third kappa shape index (κ3) is 2.91. The van der Waals surface area contributed by atoms with E-state index in [-0.39, 0.29) is 24.4 Å². The monoisotopic (exact) mass is 347 g/mol. The molecule has 24 heavy (non-hydrogen) atoms. The summed E-state index contributed by atoms with van der Waals surface area (Å²) < 4.78 is 1.79. The molecular formula is C18H24ClN4O-. The van der Waals surface area contributed by atoms with Crippen molar-refractivity contribution in [3.8, 4) is 0 Å². The van der Waals surface area contributed by atoms with Gasteiger partial charge in [0.2, 0.25) is 0 Å². The number of para-hydroxylation sites is 1. The molecule has 2 atom stereocenters. The first-order chi connectivity index (χ1) is 11.1. The smallest absolute Gasteiger partial charge is 0.272 e. The number of aromatic nitrogens is 2. The molecule has 0 radical (unpaired) electrons. The zero-order valence-electron chi connectivity index (χ0n) is 14.2. The molecule has 3 heterocycles. The summed E-state index contributed by atoms with van der Waals surface area (Å²) in [6, 6.07) is 9.42. The summed E-state index contributed by atoms with van der Waals surface area (Å²) in [6.45, 7) is 0. The van der Waals surface area contributed by atoms with Crippen LogP contribution < -0.4 is 17.7 Å². The van der Waals surface area contributed by atoms with Gasteiger partial charge >= 0.3 is 0 Å². The van der Waals surface area contributed by atoms with Crippen LogP contribution in [0, 0.1) is 0 Å². The van der Waals surface area contributed by atoms with Crippen molar-refractivity contribution in [3.05, 3.63) is 30.0 Å². The molecule has 1 aromatic carbocycles. The summed E-state index contributed by atoms with van der Waals surface area (Å²) in [6.07, 6.45) is 5.95. The first kappa shape index (κ1) is 17.2. The number of rotatable bonds is 2. The lowest BCUT2D eigenvalue weighted by molar-refractivity contribution is -0.0000164. The number of fused-ring (bicyclic) bond motifs is 3. The maximum atomic E-state index is 12.7. The molecule has 0 saturated carbocycles. The number of carbonyl (C=O) groups excluding carboxylic acids is 1. The third-order valence-corrected chi connectivity index (χ3v) is 5.65. The molecule has 2 saturated heterocycles. The Hall–Kier alpha value is -1.59. The van der Waals surface area contributed by atoms with Crippen molar-refractivity contribution in [2.24, 2.45) is 7.05 Å². The summed E-state index contributed by atoms with van der Waals surface area (Å²) in [4.78, 5) is 15.3. The highest BCUT2D eigenvalue weighted by atomic mass is 35.5. The molecule has 2 aromatic rings. The first-order valence-corrected chi connectivity index (χ1v) is 8.58. The van der Waals surface area contributed by atoms with Crippen molar-refractivity contribution in [2.75, 3.05) is 7.05 Å². The van der Waals surface area contributed by atoms with Crippen LogP contribution in [0.3, 0.4) is 0 Å². The van der Waals surface area contributed by atoms with E-state index in [1.165, 1.54) is 19.3 Å². The number of nitrogens with one attached hydrogen (secondary N) is 1. The second kappa shape index (κ2) is 6.73. The number of halogens is 1. The number of hydrogen-bond acceptors (Lipinski definition) is 3. The third-order valence-electron chi connectivity index (χ3n) is 5.65. The van der Waals surface area contributed by atoms with E-state index in [0.29, 0.717) is 17.8 Å². The number of hydrogen-bond donors (Lipinski definition) is 1. The number of benzene rings is 1. The number of nitrogens with zero attached hydrogens (tertiary/aromatic N) is 3. The molecule has 1 N–H and O–H groups in total. The van der Waals surface area contributed by atoms with E-state index in [9.17, 15) is 4.79 Å². The van der Waals surface area contributed by atoms with Crippen molar-refractivity contribution in [2.45, 2.75) is 50.2 Å². The van der Waals surface area contributed by atoms with Crippen molar-refractivity contribution < 1.29 is 17.2 Å².